The molecule has 1 saturated carbocycles. The maximum absolute atomic E-state index is 10.4. The van der Waals surface area contributed by atoms with E-state index in [9.17, 15) is 10.2 Å². The van der Waals surface area contributed by atoms with E-state index in [-0.39, 0.29) is 12.0 Å². The fourth-order valence-corrected chi connectivity index (χ4v) is 3.84. The Morgan fingerprint density at radius 2 is 1.65 bits per heavy atom. The average molecular weight is 275 g/mol. The van der Waals surface area contributed by atoms with Crippen molar-refractivity contribution in [3.05, 3.63) is 35.4 Å². The highest BCUT2D eigenvalue weighted by Gasteiger charge is 2.45. The molecule has 1 saturated heterocycles. The standard InChI is InChI=1S/C17H25NO2/c1-12-5-7-13(8-6-12)14-11-15(19)17(20)16(14)18-9-3-2-4-10-18/h5-8,14-17,19-20H,2-4,9-11H2,1H3. The fourth-order valence-electron chi connectivity index (χ4n) is 3.84. The van der Waals surface area contributed by atoms with Crippen LogP contribution in [0.5, 0.6) is 0 Å². The van der Waals surface area contributed by atoms with E-state index in [0.29, 0.717) is 6.42 Å². The number of likely N-dealkylation sites (tertiary alicyclic amines) is 1. The summed E-state index contributed by atoms with van der Waals surface area (Å²) >= 11 is 0. The Morgan fingerprint density at radius 3 is 2.30 bits per heavy atom. The monoisotopic (exact) mass is 275 g/mol. The van der Waals surface area contributed by atoms with E-state index >= 15 is 0 Å². The molecule has 2 aliphatic rings. The molecule has 4 atom stereocenters. The predicted molar refractivity (Wildman–Crippen MR) is 79.8 cm³/mol. The number of hydrogen-bond donors (Lipinski definition) is 2. The minimum Gasteiger partial charge on any atom is -0.390 e. The number of hydrogen-bond acceptors (Lipinski definition) is 3. The molecule has 110 valence electrons. The summed E-state index contributed by atoms with van der Waals surface area (Å²) < 4.78 is 0. The van der Waals surface area contributed by atoms with E-state index in [0.717, 1.165) is 13.1 Å². The Morgan fingerprint density at radius 1 is 1.00 bits per heavy atom. The van der Waals surface area contributed by atoms with E-state index in [1.165, 1.54) is 30.4 Å². The lowest BCUT2D eigenvalue weighted by molar-refractivity contribution is -0.00706. The van der Waals surface area contributed by atoms with Gasteiger partial charge in [-0.25, -0.2) is 0 Å². The molecule has 3 rings (SSSR count). The van der Waals surface area contributed by atoms with Crippen LogP contribution in [0.25, 0.3) is 0 Å². The van der Waals surface area contributed by atoms with Gasteiger partial charge in [-0.1, -0.05) is 36.2 Å². The highest BCUT2D eigenvalue weighted by Crippen LogP contribution is 2.39. The van der Waals surface area contributed by atoms with Crippen LogP contribution >= 0.6 is 0 Å². The quantitative estimate of drug-likeness (QED) is 0.868. The van der Waals surface area contributed by atoms with Crippen LogP contribution in [0.3, 0.4) is 0 Å². The topological polar surface area (TPSA) is 43.7 Å². The predicted octanol–water partition coefficient (Wildman–Crippen LogP) is 2.06. The number of piperidine rings is 1. The molecule has 1 aliphatic heterocycles. The zero-order valence-electron chi connectivity index (χ0n) is 12.2. The molecule has 0 amide bonds. The third kappa shape index (κ3) is 2.62. The van der Waals surface area contributed by atoms with Gasteiger partial charge < -0.3 is 10.2 Å². The fraction of sp³-hybridized carbons (Fsp3) is 0.647. The molecular weight excluding hydrogens is 250 g/mol. The van der Waals surface area contributed by atoms with Gasteiger partial charge in [0, 0.05) is 12.0 Å². The Labute approximate surface area is 121 Å². The van der Waals surface area contributed by atoms with Gasteiger partial charge in [-0.3, -0.25) is 4.90 Å². The Kier molecular flexibility index (Phi) is 4.11. The normalized spacial score (nSPS) is 35.4. The van der Waals surface area contributed by atoms with Crippen LogP contribution in [0.1, 0.15) is 42.7 Å². The van der Waals surface area contributed by atoms with Crippen molar-refractivity contribution in [1.82, 2.24) is 4.90 Å². The second-order valence-electron chi connectivity index (χ2n) is 6.40. The van der Waals surface area contributed by atoms with Crippen LogP contribution < -0.4 is 0 Å². The summed E-state index contributed by atoms with van der Waals surface area (Å²) in [5.74, 6) is 0.249. The highest BCUT2D eigenvalue weighted by molar-refractivity contribution is 5.28. The molecule has 0 spiro atoms. The largest absolute Gasteiger partial charge is 0.390 e. The summed E-state index contributed by atoms with van der Waals surface area (Å²) in [5.41, 5.74) is 2.50. The smallest absolute Gasteiger partial charge is 0.0959 e. The summed E-state index contributed by atoms with van der Waals surface area (Å²) in [6, 6.07) is 8.64. The SMILES string of the molecule is Cc1ccc(C2CC(O)C(O)C2N2CCCCC2)cc1. The molecule has 2 N–H and O–H groups in total. The van der Waals surface area contributed by atoms with Crippen molar-refractivity contribution in [3.8, 4) is 0 Å². The van der Waals surface area contributed by atoms with Crippen molar-refractivity contribution in [1.29, 1.82) is 0 Å². The molecule has 1 aromatic carbocycles. The molecule has 1 aliphatic carbocycles. The van der Waals surface area contributed by atoms with Crippen LogP contribution in [0.15, 0.2) is 24.3 Å². The number of rotatable bonds is 2. The van der Waals surface area contributed by atoms with Gasteiger partial charge in [-0.15, -0.1) is 0 Å². The average Bonchev–Trinajstić information content (AvgIpc) is 2.77. The number of aliphatic hydroxyl groups is 2. The third-order valence-electron chi connectivity index (χ3n) is 4.97. The molecule has 3 heteroatoms. The van der Waals surface area contributed by atoms with Crippen LogP contribution in [0.4, 0.5) is 0 Å². The van der Waals surface area contributed by atoms with Crippen LogP contribution in [-0.2, 0) is 0 Å². The molecule has 4 unspecified atom stereocenters. The third-order valence-corrected chi connectivity index (χ3v) is 4.97. The minimum atomic E-state index is -0.612. The lowest BCUT2D eigenvalue weighted by Crippen LogP contribution is -2.47. The van der Waals surface area contributed by atoms with E-state index < -0.39 is 12.2 Å². The maximum atomic E-state index is 10.4. The second-order valence-corrected chi connectivity index (χ2v) is 6.40. The first kappa shape index (κ1) is 14.1. The molecule has 0 aromatic heterocycles. The lowest BCUT2D eigenvalue weighted by atomic mass is 9.91. The minimum absolute atomic E-state index is 0.0769. The number of benzene rings is 1. The molecule has 0 bridgehead atoms. The first-order valence-electron chi connectivity index (χ1n) is 7.83. The maximum Gasteiger partial charge on any atom is 0.0959 e. The molecule has 0 radical (unpaired) electrons. The van der Waals surface area contributed by atoms with Gasteiger partial charge in [-0.05, 0) is 44.8 Å². The van der Waals surface area contributed by atoms with Gasteiger partial charge in [0.25, 0.3) is 0 Å². The summed E-state index contributed by atoms with van der Waals surface area (Å²) in [6.07, 6.45) is 3.18. The summed E-state index contributed by atoms with van der Waals surface area (Å²) in [5, 5.41) is 20.5. The highest BCUT2D eigenvalue weighted by atomic mass is 16.3. The zero-order chi connectivity index (χ0) is 14.1. The Balaban J connectivity index is 1.85. The van der Waals surface area contributed by atoms with Crippen molar-refractivity contribution in [3.63, 3.8) is 0 Å². The van der Waals surface area contributed by atoms with Gasteiger partial charge >= 0.3 is 0 Å². The van der Waals surface area contributed by atoms with Crippen LogP contribution in [0.2, 0.25) is 0 Å². The molecule has 20 heavy (non-hydrogen) atoms. The number of aliphatic hydroxyl groups excluding tert-OH is 2. The summed E-state index contributed by atoms with van der Waals surface area (Å²) in [6.45, 7) is 4.19. The van der Waals surface area contributed by atoms with Crippen molar-refractivity contribution in [2.45, 2.75) is 56.8 Å². The molecule has 3 nitrogen and oxygen atoms in total. The van der Waals surface area contributed by atoms with Crippen molar-refractivity contribution in [2.75, 3.05) is 13.1 Å². The Bertz CT molecular complexity index is 439. The molecular formula is C17H25NO2. The van der Waals surface area contributed by atoms with Crippen LogP contribution in [0, 0.1) is 6.92 Å². The molecule has 1 heterocycles. The van der Waals surface area contributed by atoms with Gasteiger partial charge in [-0.2, -0.15) is 0 Å². The first-order chi connectivity index (χ1) is 9.66. The van der Waals surface area contributed by atoms with Gasteiger partial charge in [0.05, 0.1) is 12.2 Å². The van der Waals surface area contributed by atoms with E-state index in [1.807, 2.05) is 0 Å². The Hall–Kier alpha value is -0.900. The van der Waals surface area contributed by atoms with Crippen molar-refractivity contribution in [2.24, 2.45) is 0 Å². The second kappa shape index (κ2) is 5.84. The lowest BCUT2D eigenvalue weighted by Gasteiger charge is -2.37. The van der Waals surface area contributed by atoms with E-state index in [1.54, 1.807) is 0 Å². The zero-order valence-corrected chi connectivity index (χ0v) is 12.2. The van der Waals surface area contributed by atoms with E-state index in [4.69, 9.17) is 0 Å². The molecule has 2 fully saturated rings. The first-order valence-corrected chi connectivity index (χ1v) is 7.83. The van der Waals surface area contributed by atoms with E-state index in [2.05, 4.69) is 36.1 Å². The van der Waals surface area contributed by atoms with Gasteiger partial charge in [0.1, 0.15) is 0 Å². The van der Waals surface area contributed by atoms with Gasteiger partial charge in [0.2, 0.25) is 0 Å². The van der Waals surface area contributed by atoms with Crippen molar-refractivity contribution < 1.29 is 10.2 Å². The molecule has 1 aromatic rings. The summed E-state index contributed by atoms with van der Waals surface area (Å²) in [4.78, 5) is 2.40. The van der Waals surface area contributed by atoms with Crippen molar-refractivity contribution >= 4 is 0 Å². The van der Waals surface area contributed by atoms with Crippen LogP contribution in [-0.4, -0.2) is 46.5 Å². The number of aryl methyl sites for hydroxylation is 1. The number of nitrogens with zero attached hydrogens (tertiary/aromatic N) is 1. The summed E-state index contributed by atoms with van der Waals surface area (Å²) in [7, 11) is 0. The van der Waals surface area contributed by atoms with Gasteiger partial charge in [0.15, 0.2) is 0 Å².